The molecule has 2 N–H and O–H groups in total. The van der Waals surface area contributed by atoms with E-state index in [1.165, 1.54) is 47.6 Å². The van der Waals surface area contributed by atoms with Crippen LogP contribution in [0.15, 0.2) is 66.0 Å². The van der Waals surface area contributed by atoms with Gasteiger partial charge in [0.15, 0.2) is 11.5 Å². The van der Waals surface area contributed by atoms with Gasteiger partial charge in [-0.05, 0) is 48.2 Å². The molecule has 0 saturated carbocycles. The number of rotatable bonds is 5. The lowest BCUT2D eigenvalue weighted by molar-refractivity contribution is 0.623. The number of halogens is 2. The predicted molar refractivity (Wildman–Crippen MR) is 118 cm³/mol. The monoisotopic (exact) mass is 432 g/mol. The van der Waals surface area contributed by atoms with Crippen LogP contribution in [0.25, 0.3) is 27.6 Å². The number of anilines is 1. The number of H-pyrrole nitrogens is 1. The van der Waals surface area contributed by atoms with E-state index in [9.17, 15) is 13.6 Å². The average molecular weight is 432 g/mol. The maximum absolute atomic E-state index is 14.0. The van der Waals surface area contributed by atoms with E-state index in [0.717, 1.165) is 0 Å². The van der Waals surface area contributed by atoms with Crippen molar-refractivity contribution in [1.29, 1.82) is 0 Å². The van der Waals surface area contributed by atoms with Crippen LogP contribution < -0.4 is 10.9 Å². The van der Waals surface area contributed by atoms with Crippen LogP contribution in [-0.4, -0.2) is 24.5 Å². The Hall–Kier alpha value is -4.14. The Labute approximate surface area is 180 Å². The zero-order valence-corrected chi connectivity index (χ0v) is 17.0. The van der Waals surface area contributed by atoms with Crippen LogP contribution in [0.5, 0.6) is 0 Å². The van der Waals surface area contributed by atoms with Gasteiger partial charge in [0, 0.05) is 5.69 Å². The molecule has 0 aliphatic heterocycles. The molecule has 32 heavy (non-hydrogen) atoms. The number of pyridine rings is 1. The summed E-state index contributed by atoms with van der Waals surface area (Å²) in [6, 6.07) is 11.3. The Morgan fingerprint density at radius 1 is 1.06 bits per heavy atom. The number of hydrogen-bond acceptors (Lipinski definition) is 5. The summed E-state index contributed by atoms with van der Waals surface area (Å²) in [7, 11) is 0. The van der Waals surface area contributed by atoms with E-state index in [1.54, 1.807) is 12.1 Å². The molecule has 1 unspecified atom stereocenters. The average Bonchev–Trinajstić information content (AvgIpc) is 3.27. The van der Waals surface area contributed by atoms with Gasteiger partial charge in [-0.3, -0.25) is 9.36 Å². The lowest BCUT2D eigenvalue weighted by atomic mass is 10.0. The van der Waals surface area contributed by atoms with Gasteiger partial charge in [-0.1, -0.05) is 19.1 Å². The molecule has 1 atom stereocenters. The first-order valence-electron chi connectivity index (χ1n) is 10.1. The van der Waals surface area contributed by atoms with Crippen molar-refractivity contribution in [3.63, 3.8) is 0 Å². The Bertz CT molecular complexity index is 1510. The van der Waals surface area contributed by atoms with E-state index >= 15 is 0 Å². The SMILES string of the molecule is CCC(Nc1ncnc2nc[nH]c12)c1cc2ccc(F)cc2c(=O)n1-c1cccc(F)c1. The second kappa shape index (κ2) is 7.84. The van der Waals surface area contributed by atoms with Crippen molar-refractivity contribution >= 4 is 27.8 Å². The van der Waals surface area contributed by atoms with E-state index in [4.69, 9.17) is 0 Å². The zero-order chi connectivity index (χ0) is 22.2. The van der Waals surface area contributed by atoms with Crippen LogP contribution in [-0.2, 0) is 0 Å². The van der Waals surface area contributed by atoms with E-state index in [2.05, 4.69) is 25.3 Å². The van der Waals surface area contributed by atoms with Crippen molar-refractivity contribution in [2.24, 2.45) is 0 Å². The molecular formula is C23H18F2N6O. The molecule has 0 aliphatic rings. The largest absolute Gasteiger partial charge is 0.360 e. The quantitative estimate of drug-likeness (QED) is 0.427. The minimum Gasteiger partial charge on any atom is -0.360 e. The zero-order valence-electron chi connectivity index (χ0n) is 17.0. The fourth-order valence-electron chi connectivity index (χ4n) is 3.86. The second-order valence-corrected chi connectivity index (χ2v) is 7.35. The summed E-state index contributed by atoms with van der Waals surface area (Å²) >= 11 is 0. The maximum atomic E-state index is 14.0. The first kappa shape index (κ1) is 19.8. The molecule has 9 heteroatoms. The summed E-state index contributed by atoms with van der Waals surface area (Å²) in [5, 5.41) is 4.16. The first-order valence-corrected chi connectivity index (χ1v) is 10.1. The summed E-state index contributed by atoms with van der Waals surface area (Å²) in [6.45, 7) is 1.96. The molecular weight excluding hydrogens is 414 g/mol. The second-order valence-electron chi connectivity index (χ2n) is 7.35. The fraction of sp³-hybridized carbons (Fsp3) is 0.130. The molecule has 160 valence electrons. The molecule has 0 bridgehead atoms. The number of benzene rings is 2. The molecule has 0 amide bonds. The van der Waals surface area contributed by atoms with E-state index in [-0.39, 0.29) is 11.4 Å². The molecule has 3 aromatic heterocycles. The van der Waals surface area contributed by atoms with Crippen LogP contribution in [0.3, 0.4) is 0 Å². The highest BCUT2D eigenvalue weighted by atomic mass is 19.1. The summed E-state index contributed by atoms with van der Waals surface area (Å²) < 4.78 is 29.4. The highest BCUT2D eigenvalue weighted by Gasteiger charge is 2.20. The predicted octanol–water partition coefficient (Wildman–Crippen LogP) is 4.50. The number of aromatic amines is 1. The van der Waals surface area contributed by atoms with Crippen LogP contribution in [0, 0.1) is 11.6 Å². The van der Waals surface area contributed by atoms with Crippen molar-refractivity contribution in [3.05, 3.63) is 88.9 Å². The minimum atomic E-state index is -0.513. The van der Waals surface area contributed by atoms with Gasteiger partial charge in [0.25, 0.3) is 5.56 Å². The minimum absolute atomic E-state index is 0.214. The van der Waals surface area contributed by atoms with Gasteiger partial charge in [0.2, 0.25) is 0 Å². The van der Waals surface area contributed by atoms with Crippen LogP contribution in [0.1, 0.15) is 25.1 Å². The van der Waals surface area contributed by atoms with Crippen molar-refractivity contribution in [2.45, 2.75) is 19.4 Å². The standard InChI is InChI=1S/C23H18F2N6O/c1-2-18(30-22-20-21(27-11-26-20)28-12-29-22)19-8-13-6-7-15(25)10-17(13)23(32)31(19)16-5-3-4-14(24)9-16/h3-12,18H,2H2,1H3,(H2,26,27,28,29,30). The Morgan fingerprint density at radius 2 is 1.91 bits per heavy atom. The number of nitrogens with one attached hydrogen (secondary N) is 2. The van der Waals surface area contributed by atoms with Gasteiger partial charge < -0.3 is 10.3 Å². The number of fused-ring (bicyclic) bond motifs is 2. The Morgan fingerprint density at radius 3 is 2.72 bits per heavy atom. The third-order valence-electron chi connectivity index (χ3n) is 5.38. The summed E-state index contributed by atoms with van der Waals surface area (Å²) in [4.78, 5) is 29.1. The molecule has 0 aliphatic carbocycles. The Balaban J connectivity index is 1.74. The van der Waals surface area contributed by atoms with Crippen molar-refractivity contribution in [2.75, 3.05) is 5.32 Å². The molecule has 5 rings (SSSR count). The number of imidazole rings is 1. The van der Waals surface area contributed by atoms with Crippen molar-refractivity contribution in [1.82, 2.24) is 24.5 Å². The summed E-state index contributed by atoms with van der Waals surface area (Å²) in [5.41, 5.74) is 1.65. The van der Waals surface area contributed by atoms with Gasteiger partial charge in [0.05, 0.1) is 23.4 Å². The molecule has 5 aromatic rings. The van der Waals surface area contributed by atoms with E-state index in [0.29, 0.717) is 40.2 Å². The van der Waals surface area contributed by atoms with E-state index < -0.39 is 17.2 Å². The molecule has 3 heterocycles. The molecule has 0 radical (unpaired) electrons. The lowest BCUT2D eigenvalue weighted by Crippen LogP contribution is -2.26. The highest BCUT2D eigenvalue weighted by Crippen LogP contribution is 2.28. The molecule has 7 nitrogen and oxygen atoms in total. The first-order chi connectivity index (χ1) is 15.5. The highest BCUT2D eigenvalue weighted by molar-refractivity contribution is 5.84. The fourth-order valence-corrected chi connectivity index (χ4v) is 3.86. The van der Waals surface area contributed by atoms with Crippen molar-refractivity contribution < 1.29 is 8.78 Å². The van der Waals surface area contributed by atoms with Gasteiger partial charge in [-0.15, -0.1) is 0 Å². The molecule has 0 fully saturated rings. The number of hydrogen-bond donors (Lipinski definition) is 2. The number of aromatic nitrogens is 5. The van der Waals surface area contributed by atoms with Crippen LogP contribution in [0.2, 0.25) is 0 Å². The van der Waals surface area contributed by atoms with Gasteiger partial charge in [0.1, 0.15) is 23.5 Å². The summed E-state index contributed by atoms with van der Waals surface area (Å²) in [6.07, 6.45) is 3.51. The molecule has 0 spiro atoms. The van der Waals surface area contributed by atoms with Crippen LogP contribution in [0.4, 0.5) is 14.6 Å². The number of nitrogens with zero attached hydrogens (tertiary/aromatic N) is 4. The molecule has 2 aromatic carbocycles. The Kier molecular flexibility index (Phi) is 4.85. The molecule has 0 saturated heterocycles. The van der Waals surface area contributed by atoms with Crippen LogP contribution >= 0.6 is 0 Å². The van der Waals surface area contributed by atoms with E-state index in [1.807, 2.05) is 13.0 Å². The van der Waals surface area contributed by atoms with Gasteiger partial charge >= 0.3 is 0 Å². The van der Waals surface area contributed by atoms with Gasteiger partial charge in [-0.2, -0.15) is 0 Å². The third kappa shape index (κ3) is 3.37. The maximum Gasteiger partial charge on any atom is 0.263 e. The summed E-state index contributed by atoms with van der Waals surface area (Å²) in [5.74, 6) is -0.464. The topological polar surface area (TPSA) is 88.5 Å². The smallest absolute Gasteiger partial charge is 0.263 e. The lowest BCUT2D eigenvalue weighted by Gasteiger charge is -2.23. The third-order valence-corrected chi connectivity index (χ3v) is 5.38. The normalized spacial score (nSPS) is 12.3. The van der Waals surface area contributed by atoms with Gasteiger partial charge in [-0.25, -0.2) is 23.7 Å². The van der Waals surface area contributed by atoms with Crippen molar-refractivity contribution in [3.8, 4) is 5.69 Å².